The molecule has 2 heterocycles. The fourth-order valence-electron chi connectivity index (χ4n) is 5.14. The number of carbonyl (C=O) groups is 3. The minimum atomic E-state index is -0.602. The van der Waals surface area contributed by atoms with Crippen LogP contribution >= 0.6 is 0 Å². The first-order chi connectivity index (χ1) is 16.3. The summed E-state index contributed by atoms with van der Waals surface area (Å²) in [4.78, 5) is 46.5. The van der Waals surface area contributed by atoms with Crippen LogP contribution in [-0.4, -0.2) is 63.5 Å². The zero-order valence-electron chi connectivity index (χ0n) is 20.1. The van der Waals surface area contributed by atoms with Gasteiger partial charge in [-0.15, -0.1) is 0 Å². The summed E-state index contributed by atoms with van der Waals surface area (Å²) in [5.41, 5.74) is 0.261. The lowest BCUT2D eigenvalue weighted by molar-refractivity contribution is -0.155. The van der Waals surface area contributed by atoms with Gasteiger partial charge < -0.3 is 10.2 Å². The SMILES string of the molecule is Cc1nc(CNC(=O)[C@H](CC2CCCC2)CN(O)C=O)c(F)c(C[C@H]2CCCCN(C)C2=O)n1. The standard InChI is InChI=1S/C24H36FN5O4/c1-16-27-20(12-18-9-5-6-10-29(2)24(18)33)22(25)21(28-16)13-26-23(32)19(14-30(34)15-31)11-17-7-3-4-8-17/h15,17-19,34H,3-14H2,1-2H3,(H,26,32)/t18-,19-/m1/s1. The van der Waals surface area contributed by atoms with Crippen LogP contribution in [0.2, 0.25) is 0 Å². The number of aryl methyl sites for hydroxylation is 1. The third-order valence-electron chi connectivity index (χ3n) is 6.98. The average Bonchev–Trinajstić information content (AvgIpc) is 3.28. The molecule has 188 valence electrons. The largest absolute Gasteiger partial charge is 0.350 e. The first-order valence-electron chi connectivity index (χ1n) is 12.2. The molecule has 1 aliphatic heterocycles. The van der Waals surface area contributed by atoms with Gasteiger partial charge in [-0.05, 0) is 32.1 Å². The van der Waals surface area contributed by atoms with E-state index in [0.29, 0.717) is 36.2 Å². The van der Waals surface area contributed by atoms with E-state index in [4.69, 9.17) is 0 Å². The Labute approximate surface area is 200 Å². The van der Waals surface area contributed by atoms with Gasteiger partial charge in [0, 0.05) is 25.9 Å². The number of hydroxylamine groups is 2. The number of amides is 3. The molecular weight excluding hydrogens is 441 g/mol. The molecule has 9 nitrogen and oxygen atoms in total. The van der Waals surface area contributed by atoms with Gasteiger partial charge >= 0.3 is 0 Å². The third-order valence-corrected chi connectivity index (χ3v) is 6.98. The summed E-state index contributed by atoms with van der Waals surface area (Å²) < 4.78 is 15.3. The summed E-state index contributed by atoms with van der Waals surface area (Å²) in [6, 6.07) is 0. The van der Waals surface area contributed by atoms with Gasteiger partial charge in [0.15, 0.2) is 5.82 Å². The highest BCUT2D eigenvalue weighted by Gasteiger charge is 2.29. The van der Waals surface area contributed by atoms with Crippen LogP contribution in [0.15, 0.2) is 0 Å². The Morgan fingerprint density at radius 3 is 2.62 bits per heavy atom. The summed E-state index contributed by atoms with van der Waals surface area (Å²) in [6.07, 6.45) is 7.83. The molecule has 0 unspecified atom stereocenters. The van der Waals surface area contributed by atoms with E-state index >= 15 is 4.39 Å². The van der Waals surface area contributed by atoms with Crippen molar-refractivity contribution in [1.29, 1.82) is 0 Å². The Bertz CT molecular complexity index is 877. The topological polar surface area (TPSA) is 116 Å². The quantitative estimate of drug-likeness (QED) is 0.304. The second-order valence-electron chi connectivity index (χ2n) is 9.66. The molecule has 0 bridgehead atoms. The highest BCUT2D eigenvalue weighted by molar-refractivity contribution is 5.79. The Hall–Kier alpha value is -2.62. The molecule has 0 spiro atoms. The first kappa shape index (κ1) is 26.0. The fraction of sp³-hybridized carbons (Fsp3) is 0.708. The molecule has 0 radical (unpaired) electrons. The van der Waals surface area contributed by atoms with E-state index in [1.165, 1.54) is 0 Å². The molecule has 2 atom stereocenters. The zero-order valence-corrected chi connectivity index (χ0v) is 20.1. The number of aromatic nitrogens is 2. The van der Waals surface area contributed by atoms with Gasteiger partial charge in [0.1, 0.15) is 5.82 Å². The lowest BCUT2D eigenvalue weighted by Gasteiger charge is -2.22. The molecule has 1 aliphatic carbocycles. The van der Waals surface area contributed by atoms with Crippen LogP contribution in [-0.2, 0) is 27.3 Å². The van der Waals surface area contributed by atoms with E-state index in [-0.39, 0.29) is 55.0 Å². The van der Waals surface area contributed by atoms with Gasteiger partial charge in [-0.2, -0.15) is 0 Å². The van der Waals surface area contributed by atoms with Crippen LogP contribution < -0.4 is 5.32 Å². The number of nitrogens with zero attached hydrogens (tertiary/aromatic N) is 4. The van der Waals surface area contributed by atoms with Crippen molar-refractivity contribution in [1.82, 2.24) is 25.2 Å². The van der Waals surface area contributed by atoms with Crippen LogP contribution in [0.4, 0.5) is 4.39 Å². The maximum Gasteiger partial charge on any atom is 0.233 e. The van der Waals surface area contributed by atoms with Crippen molar-refractivity contribution in [3.05, 3.63) is 23.0 Å². The van der Waals surface area contributed by atoms with Crippen LogP contribution in [0.25, 0.3) is 0 Å². The maximum atomic E-state index is 15.3. The monoisotopic (exact) mass is 477 g/mol. The van der Waals surface area contributed by atoms with Gasteiger partial charge in [-0.25, -0.2) is 19.4 Å². The van der Waals surface area contributed by atoms with E-state index in [9.17, 15) is 19.6 Å². The van der Waals surface area contributed by atoms with Gasteiger partial charge in [-0.3, -0.25) is 19.6 Å². The molecule has 3 amide bonds. The summed E-state index contributed by atoms with van der Waals surface area (Å²) in [5, 5.41) is 12.9. The third kappa shape index (κ3) is 6.94. The Balaban J connectivity index is 1.69. The smallest absolute Gasteiger partial charge is 0.233 e. The Morgan fingerprint density at radius 1 is 1.24 bits per heavy atom. The molecule has 1 aromatic heterocycles. The molecule has 2 fully saturated rings. The van der Waals surface area contributed by atoms with Crippen LogP contribution in [0.3, 0.4) is 0 Å². The predicted octanol–water partition coefficient (Wildman–Crippen LogP) is 2.39. The molecule has 2 aliphatic rings. The number of carbonyl (C=O) groups excluding carboxylic acids is 3. The number of hydrogen-bond acceptors (Lipinski definition) is 6. The Morgan fingerprint density at radius 2 is 1.91 bits per heavy atom. The van der Waals surface area contributed by atoms with E-state index < -0.39 is 11.7 Å². The predicted molar refractivity (Wildman–Crippen MR) is 122 cm³/mol. The van der Waals surface area contributed by atoms with E-state index in [1.54, 1.807) is 18.9 Å². The average molecular weight is 478 g/mol. The second-order valence-corrected chi connectivity index (χ2v) is 9.66. The molecule has 3 rings (SSSR count). The summed E-state index contributed by atoms with van der Waals surface area (Å²) in [5.74, 6) is -1.13. The van der Waals surface area contributed by atoms with Crippen LogP contribution in [0, 0.1) is 30.5 Å². The molecular formula is C24H36FN5O4. The van der Waals surface area contributed by atoms with Crippen molar-refractivity contribution in [2.24, 2.45) is 17.8 Å². The van der Waals surface area contributed by atoms with E-state index in [1.807, 2.05) is 0 Å². The summed E-state index contributed by atoms with van der Waals surface area (Å²) >= 11 is 0. The first-order valence-corrected chi connectivity index (χ1v) is 12.2. The van der Waals surface area contributed by atoms with Crippen LogP contribution in [0.1, 0.15) is 68.6 Å². The molecule has 0 aromatic carbocycles. The number of nitrogens with one attached hydrogen (secondary N) is 1. The molecule has 10 heteroatoms. The molecule has 34 heavy (non-hydrogen) atoms. The van der Waals surface area contributed by atoms with Crippen molar-refractivity contribution in [2.45, 2.75) is 71.3 Å². The molecule has 2 N–H and O–H groups in total. The number of rotatable bonds is 10. The number of hydrogen-bond donors (Lipinski definition) is 2. The lowest BCUT2D eigenvalue weighted by atomic mass is 9.92. The second kappa shape index (κ2) is 12.2. The normalized spacial score (nSPS) is 20.2. The maximum absolute atomic E-state index is 15.3. The summed E-state index contributed by atoms with van der Waals surface area (Å²) in [7, 11) is 1.77. The van der Waals surface area contributed by atoms with Gasteiger partial charge in [0.05, 0.1) is 30.4 Å². The van der Waals surface area contributed by atoms with E-state index in [2.05, 4.69) is 15.3 Å². The Kier molecular flexibility index (Phi) is 9.32. The lowest BCUT2D eigenvalue weighted by Crippen LogP contribution is -2.38. The number of halogens is 1. The van der Waals surface area contributed by atoms with Gasteiger partial charge in [0.25, 0.3) is 0 Å². The van der Waals surface area contributed by atoms with Gasteiger partial charge in [0.2, 0.25) is 18.2 Å². The zero-order chi connectivity index (χ0) is 24.7. The van der Waals surface area contributed by atoms with Crippen molar-refractivity contribution in [2.75, 3.05) is 20.1 Å². The van der Waals surface area contributed by atoms with Crippen molar-refractivity contribution < 1.29 is 24.0 Å². The van der Waals surface area contributed by atoms with Crippen LogP contribution in [0.5, 0.6) is 0 Å². The molecule has 1 saturated carbocycles. The minimum absolute atomic E-state index is 0.00140. The molecule has 1 saturated heterocycles. The van der Waals surface area contributed by atoms with Crippen molar-refractivity contribution in [3.8, 4) is 0 Å². The number of likely N-dealkylation sites (tertiary alicyclic amines) is 1. The minimum Gasteiger partial charge on any atom is -0.350 e. The highest BCUT2D eigenvalue weighted by Crippen LogP contribution is 2.30. The summed E-state index contributed by atoms with van der Waals surface area (Å²) in [6.45, 7) is 2.12. The van der Waals surface area contributed by atoms with Crippen molar-refractivity contribution in [3.63, 3.8) is 0 Å². The van der Waals surface area contributed by atoms with E-state index in [0.717, 1.165) is 38.5 Å². The highest BCUT2D eigenvalue weighted by atomic mass is 19.1. The van der Waals surface area contributed by atoms with Gasteiger partial charge in [-0.1, -0.05) is 32.1 Å². The fourth-order valence-corrected chi connectivity index (χ4v) is 5.14. The molecule has 1 aromatic rings. The van der Waals surface area contributed by atoms with Crippen molar-refractivity contribution >= 4 is 18.2 Å².